The average molecular weight is 355 g/mol. The van der Waals surface area contributed by atoms with Crippen molar-refractivity contribution < 1.29 is 9.13 Å². The van der Waals surface area contributed by atoms with Gasteiger partial charge < -0.3 is 14.6 Å². The molecule has 26 heavy (non-hydrogen) atoms. The number of hydrogen-bond acceptors (Lipinski definition) is 5. The fourth-order valence-corrected chi connectivity index (χ4v) is 2.59. The Kier molecular flexibility index (Phi) is 5.91. The van der Waals surface area contributed by atoms with Crippen molar-refractivity contribution in [2.24, 2.45) is 7.05 Å². The van der Waals surface area contributed by atoms with Crippen molar-refractivity contribution in [3.8, 4) is 22.6 Å². The molecule has 0 bridgehead atoms. The zero-order chi connectivity index (χ0) is 18.4. The summed E-state index contributed by atoms with van der Waals surface area (Å²) in [5.74, 6) is 0.982. The van der Waals surface area contributed by atoms with Gasteiger partial charge in [0.05, 0.1) is 0 Å². The first-order valence-corrected chi connectivity index (χ1v) is 8.61. The lowest BCUT2D eigenvalue weighted by Crippen LogP contribution is -2.09. The first-order valence-electron chi connectivity index (χ1n) is 8.61. The standard InChI is InChI=1S/C19H22FN5O/c1-3-26-12-4-9-22-19-23-13-16(14-5-7-15(20)8-6-14)17(24-19)18-21-10-11-25(18)2/h5-8,10-11,13H,3-4,9,12H2,1-2H3,(H,22,23,24). The Bertz CT molecular complexity index is 847. The molecule has 0 saturated heterocycles. The summed E-state index contributed by atoms with van der Waals surface area (Å²) < 4.78 is 20.5. The van der Waals surface area contributed by atoms with Gasteiger partial charge in [0.15, 0.2) is 5.82 Å². The number of nitrogens with one attached hydrogen (secondary N) is 1. The minimum absolute atomic E-state index is 0.277. The van der Waals surface area contributed by atoms with E-state index in [0.717, 1.165) is 29.9 Å². The highest BCUT2D eigenvalue weighted by atomic mass is 19.1. The van der Waals surface area contributed by atoms with Gasteiger partial charge in [0.1, 0.15) is 11.5 Å². The molecular weight excluding hydrogens is 333 g/mol. The van der Waals surface area contributed by atoms with E-state index in [2.05, 4.69) is 20.3 Å². The zero-order valence-electron chi connectivity index (χ0n) is 14.9. The Morgan fingerprint density at radius 3 is 2.69 bits per heavy atom. The molecule has 136 valence electrons. The Balaban J connectivity index is 1.89. The van der Waals surface area contributed by atoms with Gasteiger partial charge in [0.2, 0.25) is 5.95 Å². The molecule has 0 aliphatic rings. The Morgan fingerprint density at radius 2 is 2.00 bits per heavy atom. The molecule has 0 saturated carbocycles. The van der Waals surface area contributed by atoms with Gasteiger partial charge in [-0.05, 0) is 31.0 Å². The summed E-state index contributed by atoms with van der Waals surface area (Å²) in [6.07, 6.45) is 6.20. The third kappa shape index (κ3) is 4.23. The lowest BCUT2D eigenvalue weighted by molar-refractivity contribution is 0.147. The molecule has 7 heteroatoms. The van der Waals surface area contributed by atoms with Gasteiger partial charge in [-0.2, -0.15) is 0 Å². The molecule has 3 rings (SSSR count). The van der Waals surface area contributed by atoms with Crippen LogP contribution in [-0.4, -0.2) is 39.3 Å². The fraction of sp³-hybridized carbons (Fsp3) is 0.316. The number of anilines is 1. The third-order valence-electron chi connectivity index (χ3n) is 3.93. The summed E-state index contributed by atoms with van der Waals surface area (Å²) in [4.78, 5) is 13.5. The van der Waals surface area contributed by atoms with Gasteiger partial charge >= 0.3 is 0 Å². The van der Waals surface area contributed by atoms with Crippen LogP contribution in [0.15, 0.2) is 42.9 Å². The predicted octanol–water partition coefficient (Wildman–Crippen LogP) is 3.52. The van der Waals surface area contributed by atoms with Crippen LogP contribution >= 0.6 is 0 Å². The molecule has 0 aliphatic carbocycles. The summed E-state index contributed by atoms with van der Waals surface area (Å²) >= 11 is 0. The van der Waals surface area contributed by atoms with E-state index in [9.17, 15) is 4.39 Å². The number of hydrogen-bond donors (Lipinski definition) is 1. The van der Waals surface area contributed by atoms with Gasteiger partial charge in [-0.3, -0.25) is 0 Å². The molecule has 0 amide bonds. The normalized spacial score (nSPS) is 10.9. The molecule has 6 nitrogen and oxygen atoms in total. The highest BCUT2D eigenvalue weighted by Gasteiger charge is 2.15. The molecule has 0 atom stereocenters. The minimum Gasteiger partial charge on any atom is -0.382 e. The van der Waals surface area contributed by atoms with Crippen molar-refractivity contribution >= 4 is 5.95 Å². The quantitative estimate of drug-likeness (QED) is 0.626. The molecule has 3 aromatic rings. The summed E-state index contributed by atoms with van der Waals surface area (Å²) in [6.45, 7) is 4.11. The maximum atomic E-state index is 13.3. The van der Waals surface area contributed by atoms with Gasteiger partial charge in [-0.15, -0.1) is 0 Å². The van der Waals surface area contributed by atoms with E-state index in [4.69, 9.17) is 4.74 Å². The number of halogens is 1. The van der Waals surface area contributed by atoms with Crippen molar-refractivity contribution in [1.82, 2.24) is 19.5 Å². The molecule has 0 unspecified atom stereocenters. The maximum absolute atomic E-state index is 13.3. The van der Waals surface area contributed by atoms with E-state index >= 15 is 0 Å². The summed E-state index contributed by atoms with van der Waals surface area (Å²) in [7, 11) is 1.91. The van der Waals surface area contributed by atoms with E-state index in [-0.39, 0.29) is 5.82 Å². The van der Waals surface area contributed by atoms with Crippen molar-refractivity contribution in [1.29, 1.82) is 0 Å². The first-order chi connectivity index (χ1) is 12.7. The van der Waals surface area contributed by atoms with Crippen molar-refractivity contribution in [2.45, 2.75) is 13.3 Å². The fourth-order valence-electron chi connectivity index (χ4n) is 2.59. The highest BCUT2D eigenvalue weighted by molar-refractivity contribution is 5.78. The van der Waals surface area contributed by atoms with Crippen LogP contribution in [0.2, 0.25) is 0 Å². The van der Waals surface area contributed by atoms with Crippen LogP contribution in [0.5, 0.6) is 0 Å². The average Bonchev–Trinajstić information content (AvgIpc) is 3.08. The van der Waals surface area contributed by atoms with Crippen molar-refractivity contribution in [2.75, 3.05) is 25.1 Å². The summed E-state index contributed by atoms with van der Waals surface area (Å²) in [5.41, 5.74) is 2.35. The number of benzene rings is 1. The predicted molar refractivity (Wildman–Crippen MR) is 99.2 cm³/mol. The molecule has 2 heterocycles. The van der Waals surface area contributed by atoms with Crippen LogP contribution in [-0.2, 0) is 11.8 Å². The number of rotatable bonds is 8. The molecule has 0 spiro atoms. The molecule has 0 radical (unpaired) electrons. The van der Waals surface area contributed by atoms with Gasteiger partial charge in [-0.25, -0.2) is 19.3 Å². The van der Waals surface area contributed by atoms with E-state index in [1.165, 1.54) is 12.1 Å². The van der Waals surface area contributed by atoms with Crippen LogP contribution in [0.25, 0.3) is 22.6 Å². The van der Waals surface area contributed by atoms with E-state index in [1.807, 2.05) is 24.7 Å². The second-order valence-corrected chi connectivity index (χ2v) is 5.80. The second-order valence-electron chi connectivity index (χ2n) is 5.80. The smallest absolute Gasteiger partial charge is 0.223 e. The summed E-state index contributed by atoms with van der Waals surface area (Å²) in [6, 6.07) is 6.29. The van der Waals surface area contributed by atoms with Crippen LogP contribution in [0.1, 0.15) is 13.3 Å². The van der Waals surface area contributed by atoms with Crippen molar-refractivity contribution in [3.63, 3.8) is 0 Å². The number of imidazole rings is 1. The SMILES string of the molecule is CCOCCCNc1ncc(-c2ccc(F)cc2)c(-c2nccn2C)n1. The number of aryl methyl sites for hydroxylation is 1. The number of aromatic nitrogens is 4. The molecule has 1 N–H and O–H groups in total. The first kappa shape index (κ1) is 18.0. The monoisotopic (exact) mass is 355 g/mol. The van der Waals surface area contributed by atoms with Crippen molar-refractivity contribution in [3.05, 3.63) is 48.7 Å². The largest absolute Gasteiger partial charge is 0.382 e. The lowest BCUT2D eigenvalue weighted by atomic mass is 10.1. The third-order valence-corrected chi connectivity index (χ3v) is 3.93. The van der Waals surface area contributed by atoms with Crippen LogP contribution < -0.4 is 5.32 Å². The molecule has 2 aromatic heterocycles. The molecule has 1 aromatic carbocycles. The Hall–Kier alpha value is -2.80. The number of nitrogens with zero attached hydrogens (tertiary/aromatic N) is 4. The van der Waals surface area contributed by atoms with E-state index in [0.29, 0.717) is 24.9 Å². The van der Waals surface area contributed by atoms with Crippen LogP contribution in [0, 0.1) is 5.82 Å². The highest BCUT2D eigenvalue weighted by Crippen LogP contribution is 2.29. The van der Waals surface area contributed by atoms with E-state index < -0.39 is 0 Å². The Morgan fingerprint density at radius 1 is 1.19 bits per heavy atom. The van der Waals surface area contributed by atoms with Crippen LogP contribution in [0.3, 0.4) is 0 Å². The lowest BCUT2D eigenvalue weighted by Gasteiger charge is -2.12. The van der Waals surface area contributed by atoms with Gasteiger partial charge in [-0.1, -0.05) is 12.1 Å². The van der Waals surface area contributed by atoms with E-state index in [1.54, 1.807) is 24.5 Å². The molecule has 0 aliphatic heterocycles. The molecule has 0 fully saturated rings. The number of ether oxygens (including phenoxy) is 1. The minimum atomic E-state index is -0.277. The van der Waals surface area contributed by atoms with Gasteiger partial charge in [0.25, 0.3) is 0 Å². The zero-order valence-corrected chi connectivity index (χ0v) is 14.9. The Labute approximate surface area is 152 Å². The second kappa shape index (κ2) is 8.53. The summed E-state index contributed by atoms with van der Waals surface area (Å²) in [5, 5.41) is 3.21. The topological polar surface area (TPSA) is 64.9 Å². The van der Waals surface area contributed by atoms with Crippen LogP contribution in [0.4, 0.5) is 10.3 Å². The molecular formula is C19H22FN5O. The van der Waals surface area contributed by atoms with Gasteiger partial charge in [0, 0.05) is 51.0 Å². The maximum Gasteiger partial charge on any atom is 0.223 e.